The van der Waals surface area contributed by atoms with Crippen molar-refractivity contribution >= 4 is 0 Å². The van der Waals surface area contributed by atoms with Crippen LogP contribution >= 0.6 is 0 Å². The second-order valence-electron chi connectivity index (χ2n) is 3.82. The zero-order valence-corrected chi connectivity index (χ0v) is 7.89. The summed E-state index contributed by atoms with van der Waals surface area (Å²) in [6, 6.07) is 4.08. The predicted molar refractivity (Wildman–Crippen MR) is 47.1 cm³/mol. The third-order valence-corrected chi connectivity index (χ3v) is 1.40. The Morgan fingerprint density at radius 2 is 1.92 bits per heavy atom. The Bertz CT molecular complexity index is 201. The molecule has 0 radical (unpaired) electrons. The highest BCUT2D eigenvalue weighted by Crippen LogP contribution is 2.03. The smallest absolute Gasteiger partial charge is 0.0717 e. The van der Waals surface area contributed by atoms with Crippen molar-refractivity contribution in [2.24, 2.45) is 5.92 Å². The average Bonchev–Trinajstić information content (AvgIpc) is 1.96. The van der Waals surface area contributed by atoms with E-state index in [1.165, 1.54) is 0 Å². The summed E-state index contributed by atoms with van der Waals surface area (Å²) in [4.78, 5) is 0. The van der Waals surface area contributed by atoms with Gasteiger partial charge in [-0.05, 0) is 20.8 Å². The molecule has 0 heterocycles. The van der Waals surface area contributed by atoms with Crippen LogP contribution in [-0.2, 0) is 0 Å². The standard InChI is InChI=1S/C9H15N3/c1-9(2,3)12-7-8(6-11)4-5-10/h8,12H,4,7H2,1-3H3. The molecule has 3 nitrogen and oxygen atoms in total. The van der Waals surface area contributed by atoms with Crippen LogP contribution < -0.4 is 5.32 Å². The van der Waals surface area contributed by atoms with Gasteiger partial charge in [0.2, 0.25) is 0 Å². The van der Waals surface area contributed by atoms with Gasteiger partial charge in [-0.3, -0.25) is 0 Å². The lowest BCUT2D eigenvalue weighted by atomic mass is 10.0. The maximum absolute atomic E-state index is 8.61. The molecule has 1 unspecified atom stereocenters. The fourth-order valence-electron chi connectivity index (χ4n) is 0.703. The van der Waals surface area contributed by atoms with Crippen LogP contribution in [0.4, 0.5) is 0 Å². The maximum Gasteiger partial charge on any atom is 0.0717 e. The van der Waals surface area contributed by atoms with Crippen LogP contribution in [0.2, 0.25) is 0 Å². The molecular formula is C9H15N3. The van der Waals surface area contributed by atoms with Crippen molar-refractivity contribution in [3.05, 3.63) is 0 Å². The van der Waals surface area contributed by atoms with Gasteiger partial charge in [0.1, 0.15) is 0 Å². The SMILES string of the molecule is CC(C)(C)NCC(C#N)CC#N. The first-order chi connectivity index (χ1) is 5.49. The monoisotopic (exact) mass is 165 g/mol. The normalized spacial score (nSPS) is 13.1. The van der Waals surface area contributed by atoms with E-state index in [1.807, 2.05) is 26.8 Å². The minimum atomic E-state index is -0.186. The van der Waals surface area contributed by atoms with E-state index in [4.69, 9.17) is 10.5 Å². The summed E-state index contributed by atoms with van der Waals surface area (Å²) in [7, 11) is 0. The first-order valence-corrected chi connectivity index (χ1v) is 4.01. The highest BCUT2D eigenvalue weighted by molar-refractivity contribution is 4.92. The minimum absolute atomic E-state index is 0.0184. The van der Waals surface area contributed by atoms with Gasteiger partial charge in [0.05, 0.1) is 24.5 Å². The quantitative estimate of drug-likeness (QED) is 0.688. The Hall–Kier alpha value is -1.06. The van der Waals surface area contributed by atoms with Crippen LogP contribution in [-0.4, -0.2) is 12.1 Å². The summed E-state index contributed by atoms with van der Waals surface area (Å²) in [6.07, 6.45) is 0.305. The van der Waals surface area contributed by atoms with Crippen molar-refractivity contribution in [1.29, 1.82) is 10.5 Å². The van der Waals surface area contributed by atoms with Crippen LogP contribution in [0.1, 0.15) is 27.2 Å². The number of nitriles is 2. The Labute approximate surface area is 74.0 Å². The molecule has 0 bridgehead atoms. The lowest BCUT2D eigenvalue weighted by molar-refractivity contribution is 0.401. The fraction of sp³-hybridized carbons (Fsp3) is 0.778. The third-order valence-electron chi connectivity index (χ3n) is 1.40. The van der Waals surface area contributed by atoms with Crippen molar-refractivity contribution in [2.45, 2.75) is 32.7 Å². The molecule has 0 amide bonds. The average molecular weight is 165 g/mol. The summed E-state index contributed by atoms with van der Waals surface area (Å²) < 4.78 is 0. The van der Waals surface area contributed by atoms with Gasteiger partial charge >= 0.3 is 0 Å². The first-order valence-electron chi connectivity index (χ1n) is 4.01. The van der Waals surface area contributed by atoms with Gasteiger partial charge in [-0.2, -0.15) is 10.5 Å². The summed E-state index contributed by atoms with van der Waals surface area (Å²) in [5.41, 5.74) is 0.0184. The number of rotatable bonds is 3. The van der Waals surface area contributed by atoms with E-state index in [1.54, 1.807) is 0 Å². The molecule has 0 aromatic heterocycles. The molecule has 1 N–H and O–H groups in total. The molecule has 0 aliphatic carbocycles. The van der Waals surface area contributed by atoms with Gasteiger partial charge < -0.3 is 5.32 Å². The summed E-state index contributed by atoms with van der Waals surface area (Å²) in [5.74, 6) is -0.186. The van der Waals surface area contributed by atoms with Gasteiger partial charge in [-0.15, -0.1) is 0 Å². The van der Waals surface area contributed by atoms with Crippen LogP contribution in [0.25, 0.3) is 0 Å². The van der Waals surface area contributed by atoms with Crippen LogP contribution in [0.15, 0.2) is 0 Å². The largest absolute Gasteiger partial charge is 0.311 e. The summed E-state index contributed by atoms with van der Waals surface area (Å²) in [5, 5.41) is 20.2. The van der Waals surface area contributed by atoms with Crippen molar-refractivity contribution in [3.63, 3.8) is 0 Å². The molecule has 0 saturated carbocycles. The molecule has 1 atom stereocenters. The van der Waals surface area contributed by atoms with Gasteiger partial charge in [0.15, 0.2) is 0 Å². The molecule has 0 saturated heterocycles. The number of nitrogens with one attached hydrogen (secondary N) is 1. The zero-order valence-electron chi connectivity index (χ0n) is 7.89. The van der Waals surface area contributed by atoms with Gasteiger partial charge in [-0.25, -0.2) is 0 Å². The zero-order chi connectivity index (χ0) is 9.61. The molecule has 0 aromatic rings. The highest BCUT2D eigenvalue weighted by Gasteiger charge is 2.12. The Morgan fingerprint density at radius 1 is 1.33 bits per heavy atom. The molecule has 0 rings (SSSR count). The van der Waals surface area contributed by atoms with Crippen molar-refractivity contribution < 1.29 is 0 Å². The van der Waals surface area contributed by atoms with E-state index < -0.39 is 0 Å². The molecule has 12 heavy (non-hydrogen) atoms. The Kier molecular flexibility index (Phi) is 4.33. The van der Waals surface area contributed by atoms with E-state index in [-0.39, 0.29) is 11.5 Å². The van der Waals surface area contributed by atoms with E-state index in [0.717, 1.165) is 0 Å². The van der Waals surface area contributed by atoms with Gasteiger partial charge in [0.25, 0.3) is 0 Å². The lowest BCUT2D eigenvalue weighted by Crippen LogP contribution is -2.38. The highest BCUT2D eigenvalue weighted by atomic mass is 14.9. The lowest BCUT2D eigenvalue weighted by Gasteiger charge is -2.21. The van der Waals surface area contributed by atoms with E-state index >= 15 is 0 Å². The molecule has 0 spiro atoms. The van der Waals surface area contributed by atoms with E-state index in [9.17, 15) is 0 Å². The van der Waals surface area contributed by atoms with E-state index in [2.05, 4.69) is 11.4 Å². The fourth-order valence-corrected chi connectivity index (χ4v) is 0.703. The van der Waals surface area contributed by atoms with Crippen molar-refractivity contribution in [1.82, 2.24) is 5.32 Å². The molecule has 0 aromatic carbocycles. The summed E-state index contributed by atoms with van der Waals surface area (Å²) in [6.45, 7) is 6.70. The van der Waals surface area contributed by atoms with Crippen LogP contribution in [0.3, 0.4) is 0 Å². The van der Waals surface area contributed by atoms with Gasteiger partial charge in [0, 0.05) is 12.1 Å². The maximum atomic E-state index is 8.61. The molecule has 0 aliphatic rings. The second kappa shape index (κ2) is 4.74. The topological polar surface area (TPSA) is 59.6 Å². The van der Waals surface area contributed by atoms with Crippen LogP contribution in [0.5, 0.6) is 0 Å². The minimum Gasteiger partial charge on any atom is -0.311 e. The molecule has 3 heteroatoms. The third kappa shape index (κ3) is 5.70. The predicted octanol–water partition coefficient (Wildman–Crippen LogP) is 1.43. The van der Waals surface area contributed by atoms with Crippen LogP contribution in [0, 0.1) is 28.6 Å². The number of nitrogens with zero attached hydrogens (tertiary/aromatic N) is 2. The van der Waals surface area contributed by atoms with Crippen molar-refractivity contribution in [2.75, 3.05) is 6.54 Å². The Balaban J connectivity index is 3.77. The number of hydrogen-bond donors (Lipinski definition) is 1. The Morgan fingerprint density at radius 3 is 2.25 bits per heavy atom. The van der Waals surface area contributed by atoms with E-state index in [0.29, 0.717) is 13.0 Å². The first kappa shape index (κ1) is 10.9. The molecule has 66 valence electrons. The molecule has 0 fully saturated rings. The van der Waals surface area contributed by atoms with Crippen molar-refractivity contribution in [3.8, 4) is 12.1 Å². The van der Waals surface area contributed by atoms with Gasteiger partial charge in [-0.1, -0.05) is 0 Å². The summed E-state index contributed by atoms with van der Waals surface area (Å²) >= 11 is 0. The molecule has 0 aliphatic heterocycles. The molecular weight excluding hydrogens is 150 g/mol. The second-order valence-corrected chi connectivity index (χ2v) is 3.82. The number of hydrogen-bond acceptors (Lipinski definition) is 3.